The van der Waals surface area contributed by atoms with E-state index in [1.54, 1.807) is 25.3 Å². The van der Waals surface area contributed by atoms with E-state index in [0.717, 1.165) is 11.1 Å². The molecule has 0 spiro atoms. The van der Waals surface area contributed by atoms with E-state index in [4.69, 9.17) is 20.7 Å². The highest BCUT2D eigenvalue weighted by atomic mass is 35.5. The van der Waals surface area contributed by atoms with Gasteiger partial charge < -0.3 is 19.2 Å². The van der Waals surface area contributed by atoms with Crippen molar-refractivity contribution in [1.29, 1.82) is 0 Å². The van der Waals surface area contributed by atoms with Crippen molar-refractivity contribution in [3.63, 3.8) is 0 Å². The summed E-state index contributed by atoms with van der Waals surface area (Å²) in [6.45, 7) is 7.24. The third-order valence-corrected chi connectivity index (χ3v) is 7.23. The summed E-state index contributed by atoms with van der Waals surface area (Å²) in [6, 6.07) is 22.0. The number of nitrogens with zero attached hydrogens (tertiary/aromatic N) is 1. The Morgan fingerprint density at radius 3 is 2.48 bits per heavy atom. The normalized spacial score (nSPS) is 12.1. The van der Waals surface area contributed by atoms with Crippen LogP contribution in [0.4, 0.5) is 0 Å². The average molecular weight is 559 g/mol. The van der Waals surface area contributed by atoms with E-state index in [0.29, 0.717) is 66.4 Å². The molecule has 208 valence electrons. The minimum atomic E-state index is -0.481. The fourth-order valence-electron chi connectivity index (χ4n) is 5.01. The zero-order chi connectivity index (χ0) is 28.6. The van der Waals surface area contributed by atoms with Crippen molar-refractivity contribution in [2.45, 2.75) is 39.7 Å². The predicted molar refractivity (Wildman–Crippen MR) is 163 cm³/mol. The summed E-state index contributed by atoms with van der Waals surface area (Å²) in [5, 5.41) is 4.18. The van der Waals surface area contributed by atoms with Gasteiger partial charge in [-0.15, -0.1) is 0 Å². The number of nitrogens with one attached hydrogen (secondary N) is 1. The Kier molecular flexibility index (Phi) is 10.2. The number of hydrogen-bond donors (Lipinski definition) is 1. The second-order valence-electron chi connectivity index (χ2n) is 10.4. The van der Waals surface area contributed by atoms with Gasteiger partial charge in [0, 0.05) is 42.3 Å². The molecular formula is C32H36BClN2O4. The topological polar surface area (TPSA) is 71.8 Å². The van der Waals surface area contributed by atoms with Gasteiger partial charge in [0.05, 0.1) is 11.4 Å². The molecule has 0 aliphatic heterocycles. The Balaban J connectivity index is 1.87. The van der Waals surface area contributed by atoms with Crippen LogP contribution >= 0.6 is 11.6 Å². The largest absolute Gasteiger partial charge is 0.458 e. The monoisotopic (exact) mass is 558 g/mol. The molecule has 1 amide bonds. The van der Waals surface area contributed by atoms with Crippen molar-refractivity contribution in [3.05, 3.63) is 116 Å². The first-order valence-corrected chi connectivity index (χ1v) is 14.0. The first-order valence-electron chi connectivity index (χ1n) is 13.7. The minimum Gasteiger partial charge on any atom is -0.458 e. The van der Waals surface area contributed by atoms with Crippen LogP contribution in [-0.2, 0) is 11.1 Å². The number of fused-ring (bicyclic) bond motifs is 1. The SMILES string of the molecule is COBNCCCN(C(=O)c1ccc(C)cc1)C(c1oc2cc(Cl)ccc2c(=O)c1Cc1ccccc1)C(C)C. The second kappa shape index (κ2) is 13.8. The van der Waals surface area contributed by atoms with E-state index in [-0.39, 0.29) is 17.3 Å². The van der Waals surface area contributed by atoms with Crippen LogP contribution in [-0.4, -0.2) is 38.6 Å². The van der Waals surface area contributed by atoms with E-state index in [1.807, 2.05) is 66.4 Å². The van der Waals surface area contributed by atoms with Crippen LogP contribution in [0.2, 0.25) is 5.02 Å². The summed E-state index contributed by atoms with van der Waals surface area (Å²) in [5.41, 5.74) is 3.53. The number of rotatable bonds is 12. The molecule has 1 aromatic heterocycles. The lowest BCUT2D eigenvalue weighted by molar-refractivity contribution is 0.0586. The maximum atomic E-state index is 14.1. The average Bonchev–Trinajstić information content (AvgIpc) is 2.94. The highest BCUT2D eigenvalue weighted by Gasteiger charge is 2.33. The molecule has 4 rings (SSSR count). The molecule has 4 aromatic rings. The van der Waals surface area contributed by atoms with Crippen LogP contribution in [0, 0.1) is 12.8 Å². The molecule has 0 fully saturated rings. The Bertz CT molecular complexity index is 1490. The molecule has 8 heteroatoms. The highest BCUT2D eigenvalue weighted by Crippen LogP contribution is 2.35. The molecule has 0 radical (unpaired) electrons. The molecule has 3 aromatic carbocycles. The van der Waals surface area contributed by atoms with Crippen molar-refractivity contribution in [2.24, 2.45) is 5.92 Å². The molecule has 6 nitrogen and oxygen atoms in total. The van der Waals surface area contributed by atoms with E-state index >= 15 is 0 Å². The van der Waals surface area contributed by atoms with Crippen LogP contribution in [0.15, 0.2) is 82.0 Å². The maximum absolute atomic E-state index is 14.1. The van der Waals surface area contributed by atoms with Crippen LogP contribution in [0.1, 0.15) is 59.1 Å². The summed E-state index contributed by atoms with van der Waals surface area (Å²) in [6.07, 6.45) is 1.09. The lowest BCUT2D eigenvalue weighted by Gasteiger charge is -2.35. The Labute approximate surface area is 241 Å². The zero-order valence-electron chi connectivity index (χ0n) is 23.6. The summed E-state index contributed by atoms with van der Waals surface area (Å²) in [5.74, 6) is 0.351. The van der Waals surface area contributed by atoms with Crippen molar-refractivity contribution in [1.82, 2.24) is 10.1 Å². The predicted octanol–water partition coefficient (Wildman–Crippen LogP) is 6.08. The Hall–Kier alpha value is -3.39. The molecule has 1 heterocycles. The van der Waals surface area contributed by atoms with Gasteiger partial charge in [-0.2, -0.15) is 0 Å². The number of carbonyl (C=O) groups excluding carboxylic acids is 1. The molecule has 0 saturated carbocycles. The molecule has 40 heavy (non-hydrogen) atoms. The number of carbonyl (C=O) groups is 1. The third kappa shape index (κ3) is 7.03. The standard InChI is InChI=1S/C32H36BClN2O4/c1-21(2)29(36(18-8-17-35-33-39-4)32(38)24-13-11-22(3)12-14-24)31-27(19-23-9-6-5-7-10-23)30(37)26-16-15-25(34)20-28(26)40-31/h5-7,9-16,20-21,29,33,35H,8,17-19H2,1-4H3. The van der Waals surface area contributed by atoms with Gasteiger partial charge in [-0.3, -0.25) is 9.59 Å². The van der Waals surface area contributed by atoms with Crippen molar-refractivity contribution >= 4 is 36.1 Å². The van der Waals surface area contributed by atoms with E-state index in [9.17, 15) is 9.59 Å². The van der Waals surface area contributed by atoms with Gasteiger partial charge in [0.1, 0.15) is 11.3 Å². The van der Waals surface area contributed by atoms with Gasteiger partial charge in [0.25, 0.3) is 5.91 Å². The quantitative estimate of drug-likeness (QED) is 0.169. The molecule has 0 saturated heterocycles. The number of halogens is 1. The third-order valence-electron chi connectivity index (χ3n) is 7.00. The van der Waals surface area contributed by atoms with E-state index in [2.05, 4.69) is 19.1 Å². The molecule has 1 atom stereocenters. The molecule has 0 aliphatic rings. The summed E-state index contributed by atoms with van der Waals surface area (Å²) < 4.78 is 11.7. The van der Waals surface area contributed by atoms with Crippen molar-refractivity contribution in [2.75, 3.05) is 20.2 Å². The Morgan fingerprint density at radius 1 is 1.07 bits per heavy atom. The van der Waals surface area contributed by atoms with E-state index in [1.165, 1.54) is 0 Å². The van der Waals surface area contributed by atoms with Gasteiger partial charge in [0.15, 0.2) is 5.43 Å². The summed E-state index contributed by atoms with van der Waals surface area (Å²) in [7, 11) is 2.07. The molecular weight excluding hydrogens is 523 g/mol. The summed E-state index contributed by atoms with van der Waals surface area (Å²) >= 11 is 6.31. The number of hydrogen-bond acceptors (Lipinski definition) is 5. The van der Waals surface area contributed by atoms with Crippen LogP contribution in [0.3, 0.4) is 0 Å². The van der Waals surface area contributed by atoms with Crippen molar-refractivity contribution < 1.29 is 13.9 Å². The second-order valence-corrected chi connectivity index (χ2v) is 10.9. The Morgan fingerprint density at radius 2 is 1.80 bits per heavy atom. The van der Waals surface area contributed by atoms with E-state index < -0.39 is 6.04 Å². The maximum Gasteiger partial charge on any atom is 0.360 e. The number of amides is 1. The molecule has 0 bridgehead atoms. The fourth-order valence-corrected chi connectivity index (χ4v) is 5.17. The van der Waals surface area contributed by atoms with Gasteiger partial charge in [-0.1, -0.05) is 73.5 Å². The zero-order valence-corrected chi connectivity index (χ0v) is 24.3. The van der Waals surface area contributed by atoms with Crippen LogP contribution in [0.5, 0.6) is 0 Å². The van der Waals surface area contributed by atoms with Crippen LogP contribution < -0.4 is 10.7 Å². The summed E-state index contributed by atoms with van der Waals surface area (Å²) in [4.78, 5) is 30.0. The van der Waals surface area contributed by atoms with Gasteiger partial charge >= 0.3 is 7.62 Å². The smallest absolute Gasteiger partial charge is 0.360 e. The first kappa shape index (κ1) is 29.6. The van der Waals surface area contributed by atoms with Gasteiger partial charge in [-0.25, -0.2) is 0 Å². The fraction of sp³-hybridized carbons (Fsp3) is 0.312. The lowest BCUT2D eigenvalue weighted by Crippen LogP contribution is -2.40. The molecule has 0 aliphatic carbocycles. The molecule has 1 unspecified atom stereocenters. The highest BCUT2D eigenvalue weighted by molar-refractivity contribution is 6.31. The minimum absolute atomic E-state index is 0.0457. The lowest BCUT2D eigenvalue weighted by atomic mass is 9.91. The van der Waals surface area contributed by atoms with Crippen LogP contribution in [0.25, 0.3) is 11.0 Å². The van der Waals surface area contributed by atoms with Gasteiger partial charge in [0.2, 0.25) is 0 Å². The van der Waals surface area contributed by atoms with Crippen molar-refractivity contribution in [3.8, 4) is 0 Å². The number of aryl methyl sites for hydroxylation is 1. The van der Waals surface area contributed by atoms with Gasteiger partial charge in [-0.05, 0) is 55.6 Å². The molecule has 1 N–H and O–H groups in total. The number of benzene rings is 3. The first-order chi connectivity index (χ1) is 19.3.